The second-order valence-corrected chi connectivity index (χ2v) is 9.31. The third-order valence-electron chi connectivity index (χ3n) is 5.50. The van der Waals surface area contributed by atoms with E-state index in [0.717, 1.165) is 4.47 Å². The molecule has 0 saturated carbocycles. The number of carbonyl (C=O) groups excluding carboxylic acids is 4. The summed E-state index contributed by atoms with van der Waals surface area (Å²) < 4.78 is 5.95. The van der Waals surface area contributed by atoms with Crippen LogP contribution in [0, 0.1) is 5.92 Å². The smallest absolute Gasteiger partial charge is 0.338 e. The van der Waals surface area contributed by atoms with Gasteiger partial charge >= 0.3 is 5.97 Å². The molecule has 1 fully saturated rings. The molecular formula is C26H20BrClN2O5. The molecule has 4 rings (SSSR count). The number of halogens is 2. The number of benzene rings is 3. The lowest BCUT2D eigenvalue weighted by atomic mass is 10.1. The molecule has 178 valence electrons. The van der Waals surface area contributed by atoms with Crippen LogP contribution < -0.4 is 10.2 Å². The predicted molar refractivity (Wildman–Crippen MR) is 136 cm³/mol. The number of ketones is 1. The number of amides is 2. The van der Waals surface area contributed by atoms with Gasteiger partial charge in [-0.25, -0.2) is 4.79 Å². The molecule has 1 saturated heterocycles. The Morgan fingerprint density at radius 1 is 1.00 bits per heavy atom. The van der Waals surface area contributed by atoms with E-state index < -0.39 is 11.9 Å². The summed E-state index contributed by atoms with van der Waals surface area (Å²) in [5.41, 5.74) is 1.82. The molecule has 0 spiro atoms. The summed E-state index contributed by atoms with van der Waals surface area (Å²) in [7, 11) is 0. The van der Waals surface area contributed by atoms with E-state index in [1.807, 2.05) is 0 Å². The van der Waals surface area contributed by atoms with Crippen molar-refractivity contribution in [1.82, 2.24) is 0 Å². The van der Waals surface area contributed by atoms with Crippen molar-refractivity contribution < 1.29 is 23.9 Å². The number of ether oxygens (including phenoxy) is 1. The molecule has 1 N–H and O–H groups in total. The molecule has 0 aliphatic carbocycles. The van der Waals surface area contributed by atoms with Gasteiger partial charge in [0.2, 0.25) is 11.8 Å². The minimum absolute atomic E-state index is 0.0924. The van der Waals surface area contributed by atoms with Gasteiger partial charge in [-0.2, -0.15) is 0 Å². The Kier molecular flexibility index (Phi) is 7.63. The van der Waals surface area contributed by atoms with Crippen molar-refractivity contribution in [3.8, 4) is 0 Å². The lowest BCUT2D eigenvalue weighted by Crippen LogP contribution is -2.28. The summed E-state index contributed by atoms with van der Waals surface area (Å²) >= 11 is 9.31. The van der Waals surface area contributed by atoms with Gasteiger partial charge < -0.3 is 15.0 Å². The SMILES string of the molecule is O=C(COC(=O)c1ccc(NC(=O)[C@H]2CC(=O)N(c3cccc(Cl)c3)C2)cc1)c1ccc(Br)cc1. The summed E-state index contributed by atoms with van der Waals surface area (Å²) in [5.74, 6) is -1.92. The largest absolute Gasteiger partial charge is 0.454 e. The van der Waals surface area contributed by atoms with Gasteiger partial charge in [0.1, 0.15) is 0 Å². The number of anilines is 2. The molecule has 0 radical (unpaired) electrons. The topological polar surface area (TPSA) is 92.8 Å². The molecule has 35 heavy (non-hydrogen) atoms. The Labute approximate surface area is 215 Å². The van der Waals surface area contributed by atoms with Crippen molar-refractivity contribution >= 4 is 62.5 Å². The third kappa shape index (κ3) is 6.15. The highest BCUT2D eigenvalue weighted by Crippen LogP contribution is 2.28. The van der Waals surface area contributed by atoms with Crippen LogP contribution in [0.25, 0.3) is 0 Å². The summed E-state index contributed by atoms with van der Waals surface area (Å²) in [5, 5.41) is 3.29. The molecule has 1 aliphatic heterocycles. The minimum atomic E-state index is -0.646. The van der Waals surface area contributed by atoms with E-state index in [4.69, 9.17) is 16.3 Å². The fourth-order valence-electron chi connectivity index (χ4n) is 3.64. The maximum Gasteiger partial charge on any atom is 0.338 e. The third-order valence-corrected chi connectivity index (χ3v) is 6.27. The summed E-state index contributed by atoms with van der Waals surface area (Å²) in [6.07, 6.45) is 0.0924. The van der Waals surface area contributed by atoms with Crippen LogP contribution in [0.15, 0.2) is 77.3 Å². The minimum Gasteiger partial charge on any atom is -0.454 e. The quantitative estimate of drug-likeness (QED) is 0.322. The number of carbonyl (C=O) groups is 4. The fraction of sp³-hybridized carbons (Fsp3) is 0.154. The highest BCUT2D eigenvalue weighted by molar-refractivity contribution is 9.10. The number of hydrogen-bond acceptors (Lipinski definition) is 5. The molecule has 1 atom stereocenters. The monoisotopic (exact) mass is 554 g/mol. The Bertz CT molecular complexity index is 1280. The van der Waals surface area contributed by atoms with Crippen LogP contribution in [0.2, 0.25) is 5.02 Å². The Hall–Kier alpha value is -3.49. The molecule has 9 heteroatoms. The van der Waals surface area contributed by atoms with Crippen LogP contribution in [-0.2, 0) is 14.3 Å². The lowest BCUT2D eigenvalue weighted by Gasteiger charge is -2.17. The van der Waals surface area contributed by atoms with E-state index in [0.29, 0.717) is 22.0 Å². The van der Waals surface area contributed by atoms with E-state index >= 15 is 0 Å². The number of esters is 1. The zero-order valence-electron chi connectivity index (χ0n) is 18.4. The van der Waals surface area contributed by atoms with Crippen LogP contribution in [0.4, 0.5) is 11.4 Å². The van der Waals surface area contributed by atoms with Crippen molar-refractivity contribution in [3.63, 3.8) is 0 Å². The lowest BCUT2D eigenvalue weighted by molar-refractivity contribution is -0.122. The first-order chi connectivity index (χ1) is 16.8. The zero-order chi connectivity index (χ0) is 24.9. The van der Waals surface area contributed by atoms with Crippen molar-refractivity contribution in [2.24, 2.45) is 5.92 Å². The van der Waals surface area contributed by atoms with Crippen LogP contribution in [0.3, 0.4) is 0 Å². The molecule has 3 aromatic rings. The van der Waals surface area contributed by atoms with Gasteiger partial charge in [0.05, 0.1) is 11.5 Å². The maximum absolute atomic E-state index is 12.7. The van der Waals surface area contributed by atoms with E-state index in [1.165, 1.54) is 12.1 Å². The van der Waals surface area contributed by atoms with E-state index in [2.05, 4.69) is 21.2 Å². The van der Waals surface area contributed by atoms with Crippen molar-refractivity contribution in [3.05, 3.63) is 93.4 Å². The number of Topliss-reactive ketones (excluding diaryl/α,β-unsaturated/α-hetero) is 1. The standard InChI is InChI=1S/C26H20BrClN2O5/c27-19-8-4-16(5-9-19)23(31)15-35-26(34)17-6-10-21(11-7-17)29-25(33)18-12-24(32)30(14-18)22-3-1-2-20(28)13-22/h1-11,13,18H,12,14-15H2,(H,29,33)/t18-/m0/s1. The van der Waals surface area contributed by atoms with Crippen LogP contribution in [0.1, 0.15) is 27.1 Å². The maximum atomic E-state index is 12.7. The molecule has 1 aliphatic rings. The molecule has 0 aromatic heterocycles. The average Bonchev–Trinajstić information content (AvgIpc) is 3.25. The summed E-state index contributed by atoms with van der Waals surface area (Å²) in [4.78, 5) is 51.1. The summed E-state index contributed by atoms with van der Waals surface area (Å²) in [6, 6.07) is 19.8. The number of nitrogens with one attached hydrogen (secondary N) is 1. The van der Waals surface area contributed by atoms with E-state index in [1.54, 1.807) is 65.6 Å². The van der Waals surface area contributed by atoms with Crippen LogP contribution >= 0.6 is 27.5 Å². The Balaban J connectivity index is 1.30. The predicted octanol–water partition coefficient (Wildman–Crippen LogP) is 5.13. The van der Waals surface area contributed by atoms with Crippen molar-refractivity contribution in [1.29, 1.82) is 0 Å². The molecule has 1 heterocycles. The van der Waals surface area contributed by atoms with Gasteiger partial charge in [0.15, 0.2) is 12.4 Å². The number of nitrogens with zero attached hydrogens (tertiary/aromatic N) is 1. The number of rotatable bonds is 7. The van der Waals surface area contributed by atoms with Crippen LogP contribution in [0.5, 0.6) is 0 Å². The second kappa shape index (κ2) is 10.8. The van der Waals surface area contributed by atoms with Gasteiger partial charge in [0.25, 0.3) is 0 Å². The fourth-order valence-corrected chi connectivity index (χ4v) is 4.09. The van der Waals surface area contributed by atoms with Gasteiger partial charge in [-0.05, 0) is 54.6 Å². The average molecular weight is 556 g/mol. The van der Waals surface area contributed by atoms with Crippen molar-refractivity contribution in [2.45, 2.75) is 6.42 Å². The van der Waals surface area contributed by atoms with Gasteiger partial charge in [-0.3, -0.25) is 14.4 Å². The molecule has 2 amide bonds. The van der Waals surface area contributed by atoms with E-state index in [-0.39, 0.29) is 42.7 Å². The second-order valence-electron chi connectivity index (χ2n) is 7.96. The highest BCUT2D eigenvalue weighted by atomic mass is 79.9. The zero-order valence-corrected chi connectivity index (χ0v) is 20.7. The highest BCUT2D eigenvalue weighted by Gasteiger charge is 2.35. The number of hydrogen-bond donors (Lipinski definition) is 1. The van der Waals surface area contributed by atoms with E-state index in [9.17, 15) is 19.2 Å². The first kappa shape index (κ1) is 24.6. The van der Waals surface area contributed by atoms with Gasteiger partial charge in [0, 0.05) is 39.4 Å². The Morgan fingerprint density at radius 2 is 1.69 bits per heavy atom. The van der Waals surface area contributed by atoms with Gasteiger partial charge in [-0.1, -0.05) is 45.7 Å². The first-order valence-electron chi connectivity index (χ1n) is 10.7. The first-order valence-corrected chi connectivity index (χ1v) is 11.9. The molecule has 0 unspecified atom stereocenters. The van der Waals surface area contributed by atoms with Gasteiger partial charge in [-0.15, -0.1) is 0 Å². The van der Waals surface area contributed by atoms with Crippen LogP contribution in [-0.4, -0.2) is 36.7 Å². The van der Waals surface area contributed by atoms with Crippen molar-refractivity contribution in [2.75, 3.05) is 23.4 Å². The normalized spacial score (nSPS) is 15.1. The Morgan fingerprint density at radius 3 is 2.37 bits per heavy atom. The molecule has 3 aromatic carbocycles. The molecule has 0 bridgehead atoms. The summed E-state index contributed by atoms with van der Waals surface area (Å²) in [6.45, 7) is -0.125. The molecular weight excluding hydrogens is 536 g/mol. The molecule has 7 nitrogen and oxygen atoms in total.